The number of carboxylic acid groups (broad SMARTS) is 1. The van der Waals surface area contributed by atoms with Crippen molar-refractivity contribution in [3.63, 3.8) is 0 Å². The summed E-state index contributed by atoms with van der Waals surface area (Å²) in [5, 5.41) is 12.0. The van der Waals surface area contributed by atoms with Gasteiger partial charge < -0.3 is 19.9 Å². The zero-order valence-electron chi connectivity index (χ0n) is 19.0. The first-order valence-electron chi connectivity index (χ1n) is 10.8. The van der Waals surface area contributed by atoms with Crippen molar-refractivity contribution in [2.24, 2.45) is 0 Å². The van der Waals surface area contributed by atoms with Gasteiger partial charge in [0.1, 0.15) is 23.9 Å². The molecule has 0 bridgehead atoms. The van der Waals surface area contributed by atoms with E-state index < -0.39 is 23.5 Å². The van der Waals surface area contributed by atoms with Gasteiger partial charge in [0.15, 0.2) is 0 Å². The largest absolute Gasteiger partial charge is 0.497 e. The van der Waals surface area contributed by atoms with Crippen molar-refractivity contribution in [1.82, 2.24) is 5.32 Å². The molecule has 0 aromatic heterocycles. The molecule has 0 saturated carbocycles. The molecule has 0 amide bonds. The summed E-state index contributed by atoms with van der Waals surface area (Å²) in [6.07, 6.45) is -4.97. The van der Waals surface area contributed by atoms with E-state index in [2.05, 4.69) is 5.32 Å². The highest BCUT2D eigenvalue weighted by molar-refractivity contribution is 5.69. The van der Waals surface area contributed by atoms with Crippen LogP contribution in [-0.2, 0) is 23.9 Å². The normalized spacial score (nSPS) is 11.3. The summed E-state index contributed by atoms with van der Waals surface area (Å²) in [4.78, 5) is 10.8. The van der Waals surface area contributed by atoms with Crippen LogP contribution in [-0.4, -0.2) is 31.3 Å². The van der Waals surface area contributed by atoms with Crippen molar-refractivity contribution < 1.29 is 36.9 Å². The van der Waals surface area contributed by atoms with Gasteiger partial charge in [0.25, 0.3) is 0 Å². The van der Waals surface area contributed by atoms with E-state index in [0.717, 1.165) is 29.5 Å². The summed E-state index contributed by atoms with van der Waals surface area (Å²) in [5.74, 6) is -0.955. The smallest absolute Gasteiger partial charge is 0.416 e. The monoisotopic (exact) mass is 491 g/mol. The second-order valence-corrected chi connectivity index (χ2v) is 7.82. The molecule has 0 saturated heterocycles. The van der Waals surface area contributed by atoms with Crippen molar-refractivity contribution in [3.05, 3.63) is 83.2 Å². The van der Waals surface area contributed by atoms with Crippen molar-refractivity contribution in [3.8, 4) is 22.6 Å². The fourth-order valence-corrected chi connectivity index (χ4v) is 3.46. The maximum absolute atomic E-state index is 14.1. The summed E-state index contributed by atoms with van der Waals surface area (Å²) in [6.45, 7) is 1.04. The molecule has 0 fully saturated rings. The second-order valence-electron chi connectivity index (χ2n) is 7.82. The van der Waals surface area contributed by atoms with E-state index >= 15 is 0 Å². The van der Waals surface area contributed by atoms with E-state index in [9.17, 15) is 22.4 Å². The summed E-state index contributed by atoms with van der Waals surface area (Å²) >= 11 is 0. The van der Waals surface area contributed by atoms with Gasteiger partial charge in [-0.15, -0.1) is 0 Å². The molecule has 0 aliphatic rings. The third-order valence-corrected chi connectivity index (χ3v) is 5.23. The third kappa shape index (κ3) is 7.71. The van der Waals surface area contributed by atoms with Crippen molar-refractivity contribution in [2.45, 2.75) is 25.6 Å². The molecule has 186 valence electrons. The van der Waals surface area contributed by atoms with Crippen LogP contribution in [0.3, 0.4) is 0 Å². The molecule has 2 N–H and O–H groups in total. The molecule has 0 unspecified atom stereocenters. The van der Waals surface area contributed by atoms with Gasteiger partial charge in [0.2, 0.25) is 0 Å². The number of ether oxygens (including phenoxy) is 2. The number of alkyl halides is 3. The molecule has 0 heterocycles. The minimum absolute atomic E-state index is 0.0226. The highest BCUT2D eigenvalue weighted by Gasteiger charge is 2.31. The molecule has 0 spiro atoms. The van der Waals surface area contributed by atoms with Crippen LogP contribution in [0.5, 0.6) is 11.5 Å². The molecule has 3 rings (SSSR count). The van der Waals surface area contributed by atoms with Crippen molar-refractivity contribution in [2.75, 3.05) is 20.3 Å². The molecule has 0 atom stereocenters. The predicted molar refractivity (Wildman–Crippen MR) is 123 cm³/mol. The van der Waals surface area contributed by atoms with E-state index in [1.165, 1.54) is 18.2 Å². The van der Waals surface area contributed by atoms with Gasteiger partial charge in [0.05, 0.1) is 12.7 Å². The lowest BCUT2D eigenvalue weighted by atomic mass is 9.98. The zero-order valence-corrected chi connectivity index (χ0v) is 19.0. The van der Waals surface area contributed by atoms with Crippen molar-refractivity contribution in [1.29, 1.82) is 0 Å². The average Bonchev–Trinajstić information content (AvgIpc) is 2.82. The Morgan fingerprint density at radius 2 is 1.80 bits per heavy atom. The van der Waals surface area contributed by atoms with Gasteiger partial charge in [0, 0.05) is 19.5 Å². The fourth-order valence-electron chi connectivity index (χ4n) is 3.46. The number of halogens is 4. The van der Waals surface area contributed by atoms with Crippen LogP contribution in [0.2, 0.25) is 0 Å². The lowest BCUT2D eigenvalue weighted by molar-refractivity contribution is -0.138. The Morgan fingerprint density at radius 3 is 2.51 bits per heavy atom. The topological polar surface area (TPSA) is 67.8 Å². The van der Waals surface area contributed by atoms with Gasteiger partial charge >= 0.3 is 12.1 Å². The van der Waals surface area contributed by atoms with Crippen molar-refractivity contribution >= 4 is 5.97 Å². The second kappa shape index (κ2) is 11.7. The van der Waals surface area contributed by atoms with Crippen LogP contribution in [0, 0.1) is 5.82 Å². The van der Waals surface area contributed by atoms with E-state index in [1.807, 2.05) is 24.3 Å². The van der Waals surface area contributed by atoms with Crippen LogP contribution in [0.4, 0.5) is 17.6 Å². The van der Waals surface area contributed by atoms with Crippen LogP contribution in [0.15, 0.2) is 60.7 Å². The number of aryl methyl sites for hydroxylation is 1. The van der Waals surface area contributed by atoms with Gasteiger partial charge in [-0.3, -0.25) is 4.79 Å². The van der Waals surface area contributed by atoms with E-state index in [0.29, 0.717) is 18.7 Å². The maximum Gasteiger partial charge on any atom is 0.416 e. The molecule has 0 aliphatic carbocycles. The number of nitrogens with one attached hydrogen (secondary N) is 1. The molecule has 5 nitrogen and oxygen atoms in total. The predicted octanol–water partition coefficient (Wildman–Crippen LogP) is 5.71. The SMILES string of the molecule is COc1cccc(CNCCOc2cc(-c3ccc(F)c(CCC(=O)O)c3)cc(C(F)(F)F)c2)c1. The Hall–Kier alpha value is -3.59. The summed E-state index contributed by atoms with van der Waals surface area (Å²) < 4.78 is 65.3. The highest BCUT2D eigenvalue weighted by Crippen LogP contribution is 2.36. The average molecular weight is 491 g/mol. The number of carboxylic acids is 1. The molecule has 3 aromatic rings. The van der Waals surface area contributed by atoms with E-state index in [-0.39, 0.29) is 36.3 Å². The highest BCUT2D eigenvalue weighted by atomic mass is 19.4. The molecule has 9 heteroatoms. The Bertz CT molecular complexity index is 1160. The number of hydrogen-bond acceptors (Lipinski definition) is 4. The van der Waals surface area contributed by atoms with E-state index in [4.69, 9.17) is 14.6 Å². The number of hydrogen-bond donors (Lipinski definition) is 2. The lowest BCUT2D eigenvalue weighted by Gasteiger charge is -2.14. The first-order chi connectivity index (χ1) is 16.7. The Kier molecular flexibility index (Phi) is 8.70. The fraction of sp³-hybridized carbons (Fsp3) is 0.269. The van der Waals surface area contributed by atoms with E-state index in [1.54, 1.807) is 7.11 Å². The van der Waals surface area contributed by atoms with Gasteiger partial charge in [-0.2, -0.15) is 13.2 Å². The summed E-state index contributed by atoms with van der Waals surface area (Å²) in [6, 6.07) is 14.7. The maximum atomic E-state index is 14.1. The molecule has 0 radical (unpaired) electrons. The molecular formula is C26H25F4NO4. The minimum Gasteiger partial charge on any atom is -0.497 e. The molecule has 0 aliphatic heterocycles. The third-order valence-electron chi connectivity index (χ3n) is 5.23. The Balaban J connectivity index is 1.72. The minimum atomic E-state index is -4.61. The van der Waals surface area contributed by atoms with Gasteiger partial charge in [-0.1, -0.05) is 18.2 Å². The molecule has 3 aromatic carbocycles. The Labute approximate surface area is 200 Å². The summed E-state index contributed by atoms with van der Waals surface area (Å²) in [5.41, 5.74) is 0.729. The number of rotatable bonds is 11. The van der Waals surface area contributed by atoms with Gasteiger partial charge in [-0.05, 0) is 71.1 Å². The van der Waals surface area contributed by atoms with Gasteiger partial charge in [-0.25, -0.2) is 4.39 Å². The lowest BCUT2D eigenvalue weighted by Crippen LogP contribution is -2.20. The number of carbonyl (C=O) groups is 1. The van der Waals surface area contributed by atoms with Crippen LogP contribution >= 0.6 is 0 Å². The number of aliphatic carboxylic acids is 1. The van der Waals surface area contributed by atoms with Crippen LogP contribution in [0.1, 0.15) is 23.1 Å². The summed E-state index contributed by atoms with van der Waals surface area (Å²) in [7, 11) is 1.58. The molecule has 35 heavy (non-hydrogen) atoms. The first-order valence-corrected chi connectivity index (χ1v) is 10.8. The number of benzene rings is 3. The zero-order chi connectivity index (χ0) is 25.4. The standard InChI is InChI=1S/C26H25F4NO4/c1-34-22-4-2-3-17(11-22)16-31-9-10-35-23-14-20(13-21(15-23)26(28,29)30)18-5-7-24(27)19(12-18)6-8-25(32)33/h2-5,7,11-15,31H,6,8-10,16H2,1H3,(H,32,33). The Morgan fingerprint density at radius 1 is 1.00 bits per heavy atom. The quantitative estimate of drug-likeness (QED) is 0.266. The van der Waals surface area contributed by atoms with Crippen LogP contribution < -0.4 is 14.8 Å². The molecular weight excluding hydrogens is 466 g/mol. The first kappa shape index (κ1) is 26.0. The van der Waals surface area contributed by atoms with Crippen LogP contribution in [0.25, 0.3) is 11.1 Å². The number of methoxy groups -OCH3 is 1.